The van der Waals surface area contributed by atoms with Crippen molar-refractivity contribution in [3.05, 3.63) is 76.7 Å². The van der Waals surface area contributed by atoms with E-state index in [4.69, 9.17) is 4.74 Å². The molecule has 0 aliphatic carbocycles. The van der Waals surface area contributed by atoms with E-state index in [2.05, 4.69) is 15.6 Å². The van der Waals surface area contributed by atoms with E-state index in [0.29, 0.717) is 22.7 Å². The Morgan fingerprint density at radius 1 is 1.14 bits per heavy atom. The molecule has 2 N–H and O–H groups in total. The smallest absolute Gasteiger partial charge is 0.381 e. The van der Waals surface area contributed by atoms with Crippen LogP contribution in [0.4, 0.5) is 17.2 Å². The summed E-state index contributed by atoms with van der Waals surface area (Å²) in [6.45, 7) is -0.128. The molecule has 0 fully saturated rings. The predicted molar refractivity (Wildman–Crippen MR) is 105 cm³/mol. The Kier molecular flexibility index (Phi) is 5.83. The lowest BCUT2D eigenvalue weighted by Crippen LogP contribution is -2.18. The fraction of sp³-hybridized carbons (Fsp3) is 0.105. The number of carbonyl (C=O) groups excluding carboxylic acids is 2. The number of carbonyl (C=O) groups is 2. The van der Waals surface area contributed by atoms with E-state index in [1.54, 1.807) is 48.5 Å². The van der Waals surface area contributed by atoms with Crippen LogP contribution in [-0.2, 0) is 11.3 Å². The molecule has 1 aromatic heterocycles. The zero-order valence-corrected chi connectivity index (χ0v) is 15.4. The number of rotatable bonds is 7. The summed E-state index contributed by atoms with van der Waals surface area (Å²) in [5, 5.41) is 16.0. The Hall–Kier alpha value is -4.21. The number of para-hydroxylation sites is 2. The minimum atomic E-state index is -0.636. The minimum Gasteiger partial charge on any atom is -0.495 e. The van der Waals surface area contributed by atoms with Gasteiger partial charge in [-0.05, 0) is 46.3 Å². The number of imidazole rings is 1. The Bertz CT molecular complexity index is 1050. The first-order valence-corrected chi connectivity index (χ1v) is 8.46. The van der Waals surface area contributed by atoms with Gasteiger partial charge in [0.05, 0.1) is 12.8 Å². The van der Waals surface area contributed by atoms with Crippen molar-refractivity contribution in [2.75, 3.05) is 17.7 Å². The molecule has 10 nitrogen and oxygen atoms in total. The first-order valence-electron chi connectivity index (χ1n) is 8.46. The van der Waals surface area contributed by atoms with Crippen LogP contribution in [0.1, 0.15) is 10.4 Å². The van der Waals surface area contributed by atoms with Gasteiger partial charge in [0.15, 0.2) is 0 Å². The van der Waals surface area contributed by atoms with Gasteiger partial charge in [-0.1, -0.05) is 12.1 Å². The molecule has 2 amide bonds. The average molecular weight is 395 g/mol. The molecule has 29 heavy (non-hydrogen) atoms. The SMILES string of the molecule is COc1ccccc1NC(=O)c1ccc(NC(=O)Cn2cnc([N+](=O)[O-])c2)cc1. The number of nitrogens with zero attached hydrogens (tertiary/aromatic N) is 3. The van der Waals surface area contributed by atoms with E-state index < -0.39 is 4.92 Å². The molecule has 1 heterocycles. The molecule has 0 atom stereocenters. The van der Waals surface area contributed by atoms with E-state index in [1.165, 1.54) is 24.2 Å². The van der Waals surface area contributed by atoms with Crippen LogP contribution in [0, 0.1) is 10.1 Å². The first-order chi connectivity index (χ1) is 14.0. The summed E-state index contributed by atoms with van der Waals surface area (Å²) >= 11 is 0. The second kappa shape index (κ2) is 8.65. The summed E-state index contributed by atoms with van der Waals surface area (Å²) in [4.78, 5) is 38.0. The standard InChI is InChI=1S/C19H17N5O5/c1-29-16-5-3-2-4-15(16)22-19(26)13-6-8-14(9-7-13)21-18(25)11-23-10-17(20-12-23)24(27)28/h2-10,12H,11H2,1H3,(H,21,25)(H,22,26). The zero-order valence-electron chi connectivity index (χ0n) is 15.4. The van der Waals surface area contributed by atoms with Crippen LogP contribution in [0.2, 0.25) is 0 Å². The number of hydrogen-bond donors (Lipinski definition) is 2. The Labute approximate surface area is 165 Å². The van der Waals surface area contributed by atoms with Gasteiger partial charge in [0, 0.05) is 11.3 Å². The van der Waals surface area contributed by atoms with E-state index in [1.807, 2.05) is 0 Å². The number of aromatic nitrogens is 2. The largest absolute Gasteiger partial charge is 0.495 e. The number of amides is 2. The van der Waals surface area contributed by atoms with Crippen LogP contribution < -0.4 is 15.4 Å². The van der Waals surface area contributed by atoms with Gasteiger partial charge in [-0.15, -0.1) is 0 Å². The molecule has 0 aliphatic heterocycles. The molecule has 0 spiro atoms. The number of hydrogen-bond acceptors (Lipinski definition) is 6. The topological polar surface area (TPSA) is 128 Å². The number of anilines is 2. The molecule has 0 bridgehead atoms. The second-order valence-electron chi connectivity index (χ2n) is 5.94. The molecule has 3 rings (SSSR count). The number of benzene rings is 2. The Balaban J connectivity index is 1.59. The average Bonchev–Trinajstić information content (AvgIpc) is 3.17. The zero-order chi connectivity index (χ0) is 20.8. The molecule has 0 unspecified atom stereocenters. The summed E-state index contributed by atoms with van der Waals surface area (Å²) in [5.74, 6) is -0.491. The molecule has 0 saturated heterocycles. The molecule has 0 saturated carbocycles. The number of ether oxygens (including phenoxy) is 1. The van der Waals surface area contributed by atoms with Crippen molar-refractivity contribution in [2.24, 2.45) is 0 Å². The summed E-state index contributed by atoms with van der Waals surface area (Å²) in [6, 6.07) is 13.4. The summed E-state index contributed by atoms with van der Waals surface area (Å²) in [5.41, 5.74) is 1.43. The third-order valence-electron chi connectivity index (χ3n) is 3.92. The van der Waals surface area contributed by atoms with Crippen LogP contribution >= 0.6 is 0 Å². The maximum atomic E-state index is 12.4. The third kappa shape index (κ3) is 4.95. The van der Waals surface area contributed by atoms with Crippen LogP contribution in [0.5, 0.6) is 5.75 Å². The third-order valence-corrected chi connectivity index (χ3v) is 3.92. The van der Waals surface area contributed by atoms with Gasteiger partial charge >= 0.3 is 5.82 Å². The first kappa shape index (κ1) is 19.5. The Morgan fingerprint density at radius 2 is 1.86 bits per heavy atom. The van der Waals surface area contributed by atoms with E-state index in [9.17, 15) is 19.7 Å². The molecule has 0 radical (unpaired) electrons. The molecule has 3 aromatic rings. The maximum absolute atomic E-state index is 12.4. The number of methoxy groups -OCH3 is 1. The predicted octanol–water partition coefficient (Wildman–Crippen LogP) is 2.69. The van der Waals surface area contributed by atoms with Gasteiger partial charge in [0.2, 0.25) is 12.2 Å². The summed E-state index contributed by atoms with van der Waals surface area (Å²) < 4.78 is 6.51. The van der Waals surface area contributed by atoms with Crippen molar-refractivity contribution in [2.45, 2.75) is 6.54 Å². The van der Waals surface area contributed by atoms with Gasteiger partial charge in [-0.2, -0.15) is 0 Å². The fourth-order valence-electron chi connectivity index (χ4n) is 2.54. The Morgan fingerprint density at radius 3 is 2.52 bits per heavy atom. The highest BCUT2D eigenvalue weighted by Gasteiger charge is 2.13. The molecule has 0 aliphatic rings. The molecular formula is C19H17N5O5. The lowest BCUT2D eigenvalue weighted by Gasteiger charge is -2.10. The quantitative estimate of drug-likeness (QED) is 0.467. The van der Waals surface area contributed by atoms with Gasteiger partial charge in [-0.25, -0.2) is 0 Å². The monoisotopic (exact) mass is 395 g/mol. The van der Waals surface area contributed by atoms with Gasteiger partial charge in [-0.3, -0.25) is 9.59 Å². The van der Waals surface area contributed by atoms with Gasteiger partial charge in [0.1, 0.15) is 18.5 Å². The summed E-state index contributed by atoms with van der Waals surface area (Å²) in [7, 11) is 1.52. The summed E-state index contributed by atoms with van der Waals surface area (Å²) in [6.07, 6.45) is 2.38. The second-order valence-corrected chi connectivity index (χ2v) is 5.94. The van der Waals surface area contributed by atoms with E-state index in [-0.39, 0.29) is 24.2 Å². The van der Waals surface area contributed by atoms with Crippen molar-refractivity contribution in [3.8, 4) is 5.75 Å². The maximum Gasteiger partial charge on any atom is 0.381 e. The van der Waals surface area contributed by atoms with E-state index in [0.717, 1.165) is 0 Å². The van der Waals surface area contributed by atoms with Crippen LogP contribution in [0.25, 0.3) is 0 Å². The minimum absolute atomic E-state index is 0.128. The fourth-order valence-corrected chi connectivity index (χ4v) is 2.54. The molecular weight excluding hydrogens is 378 g/mol. The highest BCUT2D eigenvalue weighted by Crippen LogP contribution is 2.23. The van der Waals surface area contributed by atoms with Crippen molar-refractivity contribution in [1.82, 2.24) is 9.55 Å². The number of nitro groups is 1. The lowest BCUT2D eigenvalue weighted by atomic mass is 10.2. The van der Waals surface area contributed by atoms with Crippen molar-refractivity contribution in [1.29, 1.82) is 0 Å². The van der Waals surface area contributed by atoms with E-state index >= 15 is 0 Å². The highest BCUT2D eigenvalue weighted by molar-refractivity contribution is 6.05. The normalized spacial score (nSPS) is 10.2. The molecule has 10 heteroatoms. The number of nitrogens with one attached hydrogen (secondary N) is 2. The van der Waals surface area contributed by atoms with Crippen LogP contribution in [0.15, 0.2) is 61.1 Å². The highest BCUT2D eigenvalue weighted by atomic mass is 16.6. The van der Waals surface area contributed by atoms with Crippen molar-refractivity contribution >= 4 is 29.0 Å². The molecule has 2 aromatic carbocycles. The van der Waals surface area contributed by atoms with Gasteiger partial charge in [0.25, 0.3) is 5.91 Å². The van der Waals surface area contributed by atoms with Crippen LogP contribution in [-0.4, -0.2) is 33.4 Å². The van der Waals surface area contributed by atoms with Crippen molar-refractivity contribution < 1.29 is 19.2 Å². The lowest BCUT2D eigenvalue weighted by molar-refractivity contribution is -0.389. The van der Waals surface area contributed by atoms with Crippen LogP contribution in [0.3, 0.4) is 0 Å². The van der Waals surface area contributed by atoms with Crippen molar-refractivity contribution in [3.63, 3.8) is 0 Å². The van der Waals surface area contributed by atoms with Gasteiger partial charge < -0.3 is 30.1 Å². The molecule has 148 valence electrons.